The molecule has 1 aromatic rings. The fraction of sp³-hybridized carbons (Fsp3) is 0.500. The molecule has 0 bridgehead atoms. The van der Waals surface area contributed by atoms with Crippen LogP contribution in [0.25, 0.3) is 0 Å². The molecule has 0 spiro atoms. The van der Waals surface area contributed by atoms with Crippen molar-refractivity contribution in [2.45, 2.75) is 25.6 Å². The topological polar surface area (TPSA) is 24.9 Å². The van der Waals surface area contributed by atoms with E-state index in [1.165, 1.54) is 6.20 Å². The molecule has 0 saturated heterocycles. The molecule has 0 saturated carbocycles. The number of nitrogens with one attached hydrogen (secondary N) is 1. The summed E-state index contributed by atoms with van der Waals surface area (Å²) >= 11 is 5.83. The second-order valence-electron chi connectivity index (χ2n) is 3.36. The summed E-state index contributed by atoms with van der Waals surface area (Å²) in [5.74, 6) is 0. The number of hydrogen-bond acceptors (Lipinski definition) is 2. The highest BCUT2D eigenvalue weighted by Gasteiger charge is 2.25. The maximum Gasteiger partial charge on any atom is 0.389 e. The summed E-state index contributed by atoms with van der Waals surface area (Å²) in [5, 5.41) is 3.42. The number of alkyl halides is 3. The van der Waals surface area contributed by atoms with E-state index in [1.54, 1.807) is 12.3 Å². The molecule has 0 amide bonds. The number of nitrogens with zero attached hydrogens (tertiary/aromatic N) is 1. The smallest absolute Gasteiger partial charge is 0.313 e. The molecule has 0 aliphatic heterocycles. The Kier molecular flexibility index (Phi) is 5.02. The third kappa shape index (κ3) is 5.32. The summed E-state index contributed by atoms with van der Waals surface area (Å²) in [7, 11) is 0. The molecule has 0 fully saturated rings. The van der Waals surface area contributed by atoms with Crippen LogP contribution in [0.1, 0.15) is 18.4 Å². The van der Waals surface area contributed by atoms with Crippen LogP contribution < -0.4 is 5.32 Å². The van der Waals surface area contributed by atoms with E-state index < -0.39 is 12.6 Å². The molecule has 0 atom stereocenters. The Balaban J connectivity index is 2.19. The molecule has 0 aliphatic rings. The van der Waals surface area contributed by atoms with Crippen LogP contribution in [0.15, 0.2) is 18.5 Å². The van der Waals surface area contributed by atoms with Crippen LogP contribution in [-0.2, 0) is 6.54 Å². The van der Waals surface area contributed by atoms with Crippen molar-refractivity contribution in [1.29, 1.82) is 0 Å². The van der Waals surface area contributed by atoms with Crippen LogP contribution in [0.4, 0.5) is 13.2 Å². The molecule has 6 heteroatoms. The van der Waals surface area contributed by atoms with E-state index in [4.69, 9.17) is 11.6 Å². The first-order valence-electron chi connectivity index (χ1n) is 4.85. The zero-order valence-corrected chi connectivity index (χ0v) is 9.28. The molecule has 1 N–H and O–H groups in total. The average Bonchev–Trinajstić information content (AvgIpc) is 2.18. The normalized spacial score (nSPS) is 11.8. The summed E-state index contributed by atoms with van der Waals surface area (Å²) in [5.41, 5.74) is 0.837. The summed E-state index contributed by atoms with van der Waals surface area (Å²) < 4.78 is 35.4. The summed E-state index contributed by atoms with van der Waals surface area (Å²) in [4.78, 5) is 3.81. The van der Waals surface area contributed by atoms with E-state index in [9.17, 15) is 13.2 Å². The molecule has 0 aromatic carbocycles. The summed E-state index contributed by atoms with van der Waals surface area (Å²) in [6.07, 6.45) is -1.65. The minimum absolute atomic E-state index is 0.0756. The van der Waals surface area contributed by atoms with Crippen molar-refractivity contribution < 1.29 is 13.2 Å². The lowest BCUT2D eigenvalue weighted by molar-refractivity contribution is -0.135. The monoisotopic (exact) mass is 252 g/mol. The van der Waals surface area contributed by atoms with Crippen LogP contribution in [0.5, 0.6) is 0 Å². The molecule has 1 rings (SSSR count). The molecule has 0 aliphatic carbocycles. The predicted molar refractivity (Wildman–Crippen MR) is 56.2 cm³/mol. The lowest BCUT2D eigenvalue weighted by atomic mass is 10.2. The van der Waals surface area contributed by atoms with E-state index >= 15 is 0 Å². The number of aromatic nitrogens is 1. The summed E-state index contributed by atoms with van der Waals surface area (Å²) in [6.45, 7) is 0.775. The van der Waals surface area contributed by atoms with Gasteiger partial charge in [0.15, 0.2) is 0 Å². The van der Waals surface area contributed by atoms with Gasteiger partial charge in [-0.1, -0.05) is 11.6 Å². The SMILES string of the molecule is FC(F)(F)CCCNCc1ccncc1Cl. The minimum Gasteiger partial charge on any atom is -0.313 e. The number of hydrogen-bond donors (Lipinski definition) is 1. The first-order valence-corrected chi connectivity index (χ1v) is 5.23. The zero-order chi connectivity index (χ0) is 12.0. The zero-order valence-electron chi connectivity index (χ0n) is 8.52. The van der Waals surface area contributed by atoms with Crippen LogP contribution in [0, 0.1) is 0 Å². The van der Waals surface area contributed by atoms with Gasteiger partial charge in [0.2, 0.25) is 0 Å². The third-order valence-corrected chi connectivity index (χ3v) is 2.33. The first-order chi connectivity index (χ1) is 7.49. The van der Waals surface area contributed by atoms with Crippen LogP contribution >= 0.6 is 11.6 Å². The van der Waals surface area contributed by atoms with Crippen molar-refractivity contribution in [2.24, 2.45) is 0 Å². The molecular formula is C10H12ClF3N2. The van der Waals surface area contributed by atoms with Gasteiger partial charge in [-0.2, -0.15) is 13.2 Å². The largest absolute Gasteiger partial charge is 0.389 e. The molecule has 16 heavy (non-hydrogen) atoms. The average molecular weight is 253 g/mol. The fourth-order valence-corrected chi connectivity index (χ4v) is 1.37. The van der Waals surface area contributed by atoms with Crippen molar-refractivity contribution in [1.82, 2.24) is 10.3 Å². The lowest BCUT2D eigenvalue weighted by Gasteiger charge is -2.08. The van der Waals surface area contributed by atoms with Gasteiger partial charge in [-0.25, -0.2) is 0 Å². The number of rotatable bonds is 5. The molecule has 1 heterocycles. The Morgan fingerprint density at radius 3 is 2.75 bits per heavy atom. The van der Waals surface area contributed by atoms with Crippen molar-refractivity contribution in [2.75, 3.05) is 6.54 Å². The highest BCUT2D eigenvalue weighted by Crippen LogP contribution is 2.20. The molecular weight excluding hydrogens is 241 g/mol. The number of pyridine rings is 1. The van der Waals surface area contributed by atoms with Crippen molar-refractivity contribution >= 4 is 11.6 Å². The molecule has 0 unspecified atom stereocenters. The molecule has 1 aromatic heterocycles. The number of halogens is 4. The quantitative estimate of drug-likeness (QED) is 0.815. The van der Waals surface area contributed by atoms with Crippen LogP contribution in [0.3, 0.4) is 0 Å². The molecule has 0 radical (unpaired) electrons. The van der Waals surface area contributed by atoms with Gasteiger partial charge < -0.3 is 5.32 Å². The van der Waals surface area contributed by atoms with Gasteiger partial charge in [0, 0.05) is 25.4 Å². The molecule has 90 valence electrons. The Bertz CT molecular complexity index is 328. The lowest BCUT2D eigenvalue weighted by Crippen LogP contribution is -2.17. The Morgan fingerprint density at radius 2 is 2.12 bits per heavy atom. The van der Waals surface area contributed by atoms with Gasteiger partial charge in [-0.3, -0.25) is 4.98 Å². The second kappa shape index (κ2) is 6.06. The van der Waals surface area contributed by atoms with E-state index in [2.05, 4.69) is 10.3 Å². The van der Waals surface area contributed by atoms with Crippen molar-refractivity contribution in [3.8, 4) is 0 Å². The maximum absolute atomic E-state index is 11.8. The molecule has 2 nitrogen and oxygen atoms in total. The Labute approximate surface area is 96.8 Å². The maximum atomic E-state index is 11.8. The third-order valence-electron chi connectivity index (χ3n) is 1.99. The van der Waals surface area contributed by atoms with Gasteiger partial charge in [0.25, 0.3) is 0 Å². The second-order valence-corrected chi connectivity index (χ2v) is 3.77. The van der Waals surface area contributed by atoms with Gasteiger partial charge in [-0.05, 0) is 24.6 Å². The van der Waals surface area contributed by atoms with Gasteiger partial charge >= 0.3 is 6.18 Å². The standard InChI is InChI=1S/C10H12ClF3N2/c11-9-7-16-5-2-8(9)6-15-4-1-3-10(12,13)14/h2,5,7,15H,1,3-4,6H2. The first kappa shape index (κ1) is 13.3. The van der Waals surface area contributed by atoms with Crippen LogP contribution in [0.2, 0.25) is 5.02 Å². The van der Waals surface area contributed by atoms with Gasteiger partial charge in [-0.15, -0.1) is 0 Å². The van der Waals surface area contributed by atoms with E-state index in [-0.39, 0.29) is 6.42 Å². The van der Waals surface area contributed by atoms with Crippen LogP contribution in [-0.4, -0.2) is 17.7 Å². The van der Waals surface area contributed by atoms with Gasteiger partial charge in [0.1, 0.15) is 0 Å². The predicted octanol–water partition coefficient (Wildman–Crippen LogP) is 3.17. The van der Waals surface area contributed by atoms with E-state index in [0.717, 1.165) is 5.56 Å². The van der Waals surface area contributed by atoms with Crippen molar-refractivity contribution in [3.63, 3.8) is 0 Å². The van der Waals surface area contributed by atoms with Crippen molar-refractivity contribution in [3.05, 3.63) is 29.0 Å². The highest BCUT2D eigenvalue weighted by molar-refractivity contribution is 6.31. The minimum atomic E-state index is -4.07. The highest BCUT2D eigenvalue weighted by atomic mass is 35.5. The fourth-order valence-electron chi connectivity index (χ4n) is 1.18. The Hall–Kier alpha value is -0.810. The summed E-state index contributed by atoms with van der Waals surface area (Å²) in [6, 6.07) is 1.74. The Morgan fingerprint density at radius 1 is 1.38 bits per heavy atom. The van der Waals surface area contributed by atoms with E-state index in [1.807, 2.05) is 0 Å². The van der Waals surface area contributed by atoms with E-state index in [0.29, 0.717) is 18.1 Å². The van der Waals surface area contributed by atoms with Gasteiger partial charge in [0.05, 0.1) is 5.02 Å².